The molecule has 2 unspecified atom stereocenters. The Bertz CT molecular complexity index is 251. The Labute approximate surface area is 88.4 Å². The van der Waals surface area contributed by atoms with Gasteiger partial charge in [0.25, 0.3) is 5.91 Å². The Morgan fingerprint density at radius 1 is 1.67 bits per heavy atom. The van der Waals surface area contributed by atoms with Crippen LogP contribution in [0.1, 0.15) is 26.2 Å². The van der Waals surface area contributed by atoms with Crippen LogP contribution >= 0.6 is 0 Å². The van der Waals surface area contributed by atoms with Gasteiger partial charge in [-0.15, -0.1) is 0 Å². The summed E-state index contributed by atoms with van der Waals surface area (Å²) < 4.78 is 0. The van der Waals surface area contributed by atoms with Crippen molar-refractivity contribution in [2.45, 2.75) is 38.3 Å². The topological polar surface area (TPSA) is 95.7 Å². The van der Waals surface area contributed by atoms with Crippen molar-refractivity contribution in [3.05, 3.63) is 0 Å². The van der Waals surface area contributed by atoms with Crippen LogP contribution in [0.25, 0.3) is 0 Å². The molecule has 0 radical (unpaired) electrons. The highest BCUT2D eigenvalue weighted by atomic mass is 16.5. The molecule has 1 aliphatic heterocycles. The number of hydrogen-bond donors (Lipinski definition) is 3. The standard InChI is InChI=1S/C9H17N3O3/c1-6(5-8(10)13)12(15)9(14)7-3-2-4-11-7/h6-7,11,15H,2-5H2,1H3,(H2,10,13). The average Bonchev–Trinajstić information content (AvgIpc) is 2.67. The third-order valence-electron chi connectivity index (χ3n) is 2.50. The Kier molecular flexibility index (Phi) is 4.05. The predicted molar refractivity (Wildman–Crippen MR) is 52.9 cm³/mol. The monoisotopic (exact) mass is 215 g/mol. The van der Waals surface area contributed by atoms with Gasteiger partial charge in [-0.3, -0.25) is 14.8 Å². The van der Waals surface area contributed by atoms with Crippen LogP contribution in [0.3, 0.4) is 0 Å². The van der Waals surface area contributed by atoms with E-state index in [2.05, 4.69) is 5.32 Å². The molecule has 1 aliphatic rings. The van der Waals surface area contributed by atoms with Crippen molar-refractivity contribution < 1.29 is 14.8 Å². The minimum absolute atomic E-state index is 0.0328. The minimum atomic E-state index is -0.572. The Morgan fingerprint density at radius 2 is 2.33 bits per heavy atom. The van der Waals surface area contributed by atoms with Crippen LogP contribution in [0.2, 0.25) is 0 Å². The van der Waals surface area contributed by atoms with Gasteiger partial charge in [0.1, 0.15) is 0 Å². The first-order valence-corrected chi connectivity index (χ1v) is 5.06. The molecule has 0 aromatic heterocycles. The summed E-state index contributed by atoms with van der Waals surface area (Å²) in [6.07, 6.45) is 1.61. The third-order valence-corrected chi connectivity index (χ3v) is 2.50. The molecule has 15 heavy (non-hydrogen) atoms. The summed E-state index contributed by atoms with van der Waals surface area (Å²) in [6.45, 7) is 2.37. The van der Waals surface area contributed by atoms with E-state index in [-0.39, 0.29) is 18.4 Å². The maximum absolute atomic E-state index is 11.6. The smallest absolute Gasteiger partial charge is 0.263 e. The van der Waals surface area contributed by atoms with Crippen molar-refractivity contribution in [1.29, 1.82) is 0 Å². The lowest BCUT2D eigenvalue weighted by molar-refractivity contribution is -0.177. The summed E-state index contributed by atoms with van der Waals surface area (Å²) in [4.78, 5) is 22.2. The van der Waals surface area contributed by atoms with Crippen molar-refractivity contribution in [1.82, 2.24) is 10.4 Å². The van der Waals surface area contributed by atoms with Crippen molar-refractivity contribution >= 4 is 11.8 Å². The molecule has 1 saturated heterocycles. The second-order valence-corrected chi connectivity index (χ2v) is 3.85. The molecule has 0 aliphatic carbocycles. The van der Waals surface area contributed by atoms with Crippen LogP contribution in [0.4, 0.5) is 0 Å². The number of carbonyl (C=O) groups excluding carboxylic acids is 2. The van der Waals surface area contributed by atoms with E-state index in [0.29, 0.717) is 5.06 Å². The summed E-state index contributed by atoms with van der Waals surface area (Å²) >= 11 is 0. The van der Waals surface area contributed by atoms with Crippen molar-refractivity contribution in [2.24, 2.45) is 5.73 Å². The van der Waals surface area contributed by atoms with Crippen molar-refractivity contribution in [2.75, 3.05) is 6.54 Å². The fourth-order valence-corrected chi connectivity index (χ4v) is 1.65. The Balaban J connectivity index is 2.47. The largest absolute Gasteiger partial charge is 0.370 e. The quantitative estimate of drug-likeness (QED) is 0.423. The first-order chi connectivity index (χ1) is 7.02. The minimum Gasteiger partial charge on any atom is -0.370 e. The molecule has 1 rings (SSSR count). The Hall–Kier alpha value is -1.14. The summed E-state index contributed by atoms with van der Waals surface area (Å²) in [5.74, 6) is -0.921. The summed E-state index contributed by atoms with van der Waals surface area (Å²) in [5, 5.41) is 13.1. The van der Waals surface area contributed by atoms with Gasteiger partial charge in [0, 0.05) is 6.42 Å². The van der Waals surface area contributed by atoms with Crippen LogP contribution < -0.4 is 11.1 Å². The number of amides is 2. The van der Waals surface area contributed by atoms with Crippen LogP contribution in [0.5, 0.6) is 0 Å². The van der Waals surface area contributed by atoms with E-state index in [0.717, 1.165) is 19.4 Å². The summed E-state index contributed by atoms with van der Waals surface area (Å²) in [5.41, 5.74) is 4.98. The lowest BCUT2D eigenvalue weighted by Gasteiger charge is -2.24. The number of rotatable bonds is 4. The lowest BCUT2D eigenvalue weighted by Crippen LogP contribution is -2.46. The zero-order valence-corrected chi connectivity index (χ0v) is 8.77. The molecule has 2 amide bonds. The normalized spacial score (nSPS) is 22.4. The van der Waals surface area contributed by atoms with E-state index in [9.17, 15) is 14.8 Å². The summed E-state index contributed by atoms with van der Waals surface area (Å²) in [6, 6.07) is -0.900. The van der Waals surface area contributed by atoms with Gasteiger partial charge in [-0.1, -0.05) is 0 Å². The highest BCUT2D eigenvalue weighted by Crippen LogP contribution is 2.10. The molecule has 4 N–H and O–H groups in total. The van der Waals surface area contributed by atoms with Gasteiger partial charge >= 0.3 is 0 Å². The molecule has 86 valence electrons. The van der Waals surface area contributed by atoms with Crippen LogP contribution in [-0.2, 0) is 9.59 Å². The zero-order valence-electron chi connectivity index (χ0n) is 8.77. The van der Waals surface area contributed by atoms with Crippen molar-refractivity contribution in [3.63, 3.8) is 0 Å². The lowest BCUT2D eigenvalue weighted by atomic mass is 10.1. The number of hydroxylamine groups is 2. The molecule has 1 fully saturated rings. The van der Waals surface area contributed by atoms with Gasteiger partial charge < -0.3 is 11.1 Å². The molecule has 0 saturated carbocycles. The fraction of sp³-hybridized carbons (Fsp3) is 0.778. The number of hydrogen-bond acceptors (Lipinski definition) is 4. The molecule has 0 aromatic carbocycles. The van der Waals surface area contributed by atoms with Gasteiger partial charge in [-0.05, 0) is 26.3 Å². The number of primary amides is 1. The Morgan fingerprint density at radius 3 is 2.80 bits per heavy atom. The van der Waals surface area contributed by atoms with E-state index in [4.69, 9.17) is 5.73 Å². The van der Waals surface area contributed by atoms with E-state index in [1.165, 1.54) is 0 Å². The first-order valence-electron chi connectivity index (χ1n) is 5.06. The SMILES string of the molecule is CC(CC(N)=O)N(O)C(=O)C1CCCN1. The second kappa shape index (κ2) is 5.09. The highest BCUT2D eigenvalue weighted by molar-refractivity contribution is 5.82. The fourth-order valence-electron chi connectivity index (χ4n) is 1.65. The van der Waals surface area contributed by atoms with Crippen LogP contribution in [0.15, 0.2) is 0 Å². The molecule has 6 nitrogen and oxygen atoms in total. The molecular formula is C9H17N3O3. The molecule has 0 spiro atoms. The summed E-state index contributed by atoms with van der Waals surface area (Å²) in [7, 11) is 0. The molecule has 1 heterocycles. The highest BCUT2D eigenvalue weighted by Gasteiger charge is 2.29. The first kappa shape index (κ1) is 11.9. The third kappa shape index (κ3) is 3.17. The maximum Gasteiger partial charge on any atom is 0.263 e. The van der Waals surface area contributed by atoms with Crippen LogP contribution in [-0.4, -0.2) is 40.7 Å². The molecule has 0 aromatic rings. The number of nitrogens with zero attached hydrogens (tertiary/aromatic N) is 1. The maximum atomic E-state index is 11.6. The average molecular weight is 215 g/mol. The zero-order chi connectivity index (χ0) is 11.4. The molecule has 2 atom stereocenters. The number of nitrogens with one attached hydrogen (secondary N) is 1. The van der Waals surface area contributed by atoms with Gasteiger partial charge in [-0.2, -0.15) is 0 Å². The van der Waals surface area contributed by atoms with Gasteiger partial charge in [0.15, 0.2) is 0 Å². The van der Waals surface area contributed by atoms with E-state index >= 15 is 0 Å². The van der Waals surface area contributed by atoms with Gasteiger partial charge in [0.2, 0.25) is 5.91 Å². The van der Waals surface area contributed by atoms with Gasteiger partial charge in [-0.25, -0.2) is 5.06 Å². The predicted octanol–water partition coefficient (Wildman–Crippen LogP) is -0.780. The number of nitrogens with two attached hydrogens (primary N) is 1. The van der Waals surface area contributed by atoms with E-state index in [1.54, 1.807) is 6.92 Å². The number of carbonyl (C=O) groups is 2. The van der Waals surface area contributed by atoms with Crippen LogP contribution in [0, 0.1) is 0 Å². The molecule has 0 bridgehead atoms. The van der Waals surface area contributed by atoms with E-state index in [1.807, 2.05) is 0 Å². The van der Waals surface area contributed by atoms with Gasteiger partial charge in [0.05, 0.1) is 12.1 Å². The molecule has 6 heteroatoms. The van der Waals surface area contributed by atoms with E-state index < -0.39 is 11.9 Å². The molecular weight excluding hydrogens is 198 g/mol. The second-order valence-electron chi connectivity index (χ2n) is 3.85. The van der Waals surface area contributed by atoms with Crippen molar-refractivity contribution in [3.8, 4) is 0 Å².